The van der Waals surface area contributed by atoms with E-state index in [1.54, 1.807) is 0 Å². The molecule has 2 rings (SSSR count). The van der Waals surface area contributed by atoms with Crippen molar-refractivity contribution in [1.29, 1.82) is 0 Å². The van der Waals surface area contributed by atoms with Crippen molar-refractivity contribution in [2.45, 2.75) is 65.3 Å². The Bertz CT molecular complexity index is 399. The van der Waals surface area contributed by atoms with Crippen LogP contribution in [0.25, 0.3) is 0 Å². The summed E-state index contributed by atoms with van der Waals surface area (Å²) >= 11 is 0. The molecule has 0 spiro atoms. The van der Waals surface area contributed by atoms with E-state index in [4.69, 9.17) is 4.99 Å². The van der Waals surface area contributed by atoms with Crippen LogP contribution >= 0.6 is 24.0 Å². The predicted molar refractivity (Wildman–Crippen MR) is 128 cm³/mol. The molecule has 2 N–H and O–H groups in total. The minimum absolute atomic E-state index is 0. The Morgan fingerprint density at radius 3 is 2.30 bits per heavy atom. The van der Waals surface area contributed by atoms with Gasteiger partial charge in [-0.3, -0.25) is 4.99 Å². The number of hydrogen-bond donors (Lipinski definition) is 2. The van der Waals surface area contributed by atoms with Crippen LogP contribution in [0.3, 0.4) is 0 Å². The van der Waals surface area contributed by atoms with E-state index in [-0.39, 0.29) is 24.0 Å². The van der Waals surface area contributed by atoms with Crippen LogP contribution < -0.4 is 10.6 Å². The number of hydrogen-bond acceptors (Lipinski definition) is 3. The van der Waals surface area contributed by atoms with Crippen LogP contribution in [-0.2, 0) is 0 Å². The van der Waals surface area contributed by atoms with Crippen molar-refractivity contribution in [2.24, 2.45) is 16.8 Å². The Morgan fingerprint density at radius 2 is 1.70 bits per heavy atom. The van der Waals surface area contributed by atoms with Gasteiger partial charge in [0.25, 0.3) is 0 Å². The lowest BCUT2D eigenvalue weighted by Gasteiger charge is -2.32. The molecular formula is C21H44IN5. The number of nitrogens with one attached hydrogen (secondary N) is 2. The lowest BCUT2D eigenvalue weighted by molar-refractivity contribution is 0.152. The van der Waals surface area contributed by atoms with Gasteiger partial charge in [0.2, 0.25) is 0 Å². The van der Waals surface area contributed by atoms with E-state index in [1.807, 2.05) is 0 Å². The minimum Gasteiger partial charge on any atom is -0.357 e. The van der Waals surface area contributed by atoms with Gasteiger partial charge in [-0.15, -0.1) is 24.0 Å². The summed E-state index contributed by atoms with van der Waals surface area (Å²) in [5.74, 6) is 2.78. The van der Waals surface area contributed by atoms with Crippen molar-refractivity contribution >= 4 is 29.9 Å². The highest BCUT2D eigenvalue weighted by molar-refractivity contribution is 14.0. The van der Waals surface area contributed by atoms with Crippen molar-refractivity contribution in [2.75, 3.05) is 52.9 Å². The summed E-state index contributed by atoms with van der Waals surface area (Å²) in [7, 11) is 2.22. The molecule has 6 heteroatoms. The average Bonchev–Trinajstić information content (AvgIpc) is 2.63. The van der Waals surface area contributed by atoms with E-state index in [1.165, 1.54) is 71.2 Å². The van der Waals surface area contributed by atoms with Crippen molar-refractivity contribution in [3.8, 4) is 0 Å². The van der Waals surface area contributed by atoms with Crippen LogP contribution in [0, 0.1) is 11.8 Å². The molecule has 0 radical (unpaired) electrons. The highest BCUT2D eigenvalue weighted by Gasteiger charge is 2.23. The van der Waals surface area contributed by atoms with Crippen LogP contribution in [-0.4, -0.2) is 74.7 Å². The molecule has 1 aliphatic carbocycles. The maximum Gasteiger partial charge on any atom is 0.191 e. The topological polar surface area (TPSA) is 42.9 Å². The first kappa shape index (κ1) is 25.0. The Kier molecular flexibility index (Phi) is 12.9. The summed E-state index contributed by atoms with van der Waals surface area (Å²) in [6, 6.07) is 0.605. The number of likely N-dealkylation sites (N-methyl/N-ethyl adjacent to an activating group) is 1. The molecule has 5 nitrogen and oxygen atoms in total. The number of halogens is 1. The van der Waals surface area contributed by atoms with Crippen LogP contribution in [0.5, 0.6) is 0 Å². The van der Waals surface area contributed by atoms with Gasteiger partial charge in [-0.2, -0.15) is 0 Å². The molecule has 27 heavy (non-hydrogen) atoms. The monoisotopic (exact) mass is 493 g/mol. The van der Waals surface area contributed by atoms with Gasteiger partial charge in [-0.25, -0.2) is 0 Å². The maximum absolute atomic E-state index is 4.82. The predicted octanol–water partition coefficient (Wildman–Crippen LogP) is 3.40. The van der Waals surface area contributed by atoms with Gasteiger partial charge in [0.15, 0.2) is 5.96 Å². The Balaban J connectivity index is 0.00000364. The highest BCUT2D eigenvalue weighted by atomic mass is 127. The van der Waals surface area contributed by atoms with Gasteiger partial charge in [-0.1, -0.05) is 13.8 Å². The van der Waals surface area contributed by atoms with Crippen molar-refractivity contribution in [3.63, 3.8) is 0 Å². The lowest BCUT2D eigenvalue weighted by atomic mass is 9.80. The SMILES string of the molecule is CCNC(=NCCCCN1CCN(C)CC1)NC1CCC(C(C)C)CC1.I. The molecule has 1 saturated heterocycles. The Morgan fingerprint density at radius 1 is 1.04 bits per heavy atom. The zero-order chi connectivity index (χ0) is 18.8. The first-order valence-electron chi connectivity index (χ1n) is 11.0. The van der Waals surface area contributed by atoms with Gasteiger partial charge < -0.3 is 20.4 Å². The molecule has 0 atom stereocenters. The normalized spacial score (nSPS) is 25.3. The second kappa shape index (κ2) is 14.0. The van der Waals surface area contributed by atoms with E-state index in [9.17, 15) is 0 Å². The standard InChI is InChI=1S/C21H43N5.HI/c1-5-22-21(24-20-10-8-19(9-11-20)18(2)3)23-12-6-7-13-26-16-14-25(4)15-17-26;/h18-20H,5-17H2,1-4H3,(H2,22,23,24);1H. The number of unbranched alkanes of at least 4 members (excludes halogenated alkanes) is 1. The van der Waals surface area contributed by atoms with E-state index in [0.717, 1.165) is 30.9 Å². The van der Waals surface area contributed by atoms with Crippen LogP contribution in [0.15, 0.2) is 4.99 Å². The van der Waals surface area contributed by atoms with E-state index in [0.29, 0.717) is 6.04 Å². The molecule has 1 heterocycles. The molecular weight excluding hydrogens is 449 g/mol. The summed E-state index contributed by atoms with van der Waals surface area (Å²) in [5.41, 5.74) is 0. The van der Waals surface area contributed by atoms with E-state index >= 15 is 0 Å². The minimum atomic E-state index is 0. The molecule has 1 aliphatic heterocycles. The molecule has 0 unspecified atom stereocenters. The number of nitrogens with zero attached hydrogens (tertiary/aromatic N) is 3. The third kappa shape index (κ3) is 9.79. The Hall–Kier alpha value is -0.0800. The van der Waals surface area contributed by atoms with Gasteiger partial charge in [0.1, 0.15) is 0 Å². The number of guanidine groups is 1. The van der Waals surface area contributed by atoms with Crippen molar-refractivity contribution < 1.29 is 0 Å². The van der Waals surface area contributed by atoms with Crippen LogP contribution in [0.1, 0.15) is 59.3 Å². The number of aliphatic imine (C=N–C) groups is 1. The van der Waals surface area contributed by atoms with Crippen molar-refractivity contribution in [3.05, 3.63) is 0 Å². The molecule has 0 amide bonds. The second-order valence-electron chi connectivity index (χ2n) is 8.61. The zero-order valence-electron chi connectivity index (χ0n) is 18.2. The van der Waals surface area contributed by atoms with Gasteiger partial charge in [0, 0.05) is 45.3 Å². The first-order chi connectivity index (χ1) is 12.6. The summed E-state index contributed by atoms with van der Waals surface area (Å²) in [6.07, 6.45) is 7.74. The molecule has 0 aromatic carbocycles. The zero-order valence-corrected chi connectivity index (χ0v) is 20.5. The smallest absolute Gasteiger partial charge is 0.191 e. The second-order valence-corrected chi connectivity index (χ2v) is 8.61. The van der Waals surface area contributed by atoms with E-state index < -0.39 is 0 Å². The molecule has 2 aliphatic rings. The number of rotatable bonds is 8. The van der Waals surface area contributed by atoms with Gasteiger partial charge in [0.05, 0.1) is 0 Å². The molecule has 160 valence electrons. The molecule has 0 aromatic heterocycles. The van der Waals surface area contributed by atoms with Crippen molar-refractivity contribution in [1.82, 2.24) is 20.4 Å². The average molecular weight is 494 g/mol. The number of piperazine rings is 1. The quantitative estimate of drug-likeness (QED) is 0.236. The largest absolute Gasteiger partial charge is 0.357 e. The fraction of sp³-hybridized carbons (Fsp3) is 0.952. The lowest BCUT2D eigenvalue weighted by Crippen LogP contribution is -2.45. The third-order valence-electron chi connectivity index (χ3n) is 6.15. The summed E-state index contributed by atoms with van der Waals surface area (Å²) in [4.78, 5) is 9.84. The van der Waals surface area contributed by atoms with E-state index in [2.05, 4.69) is 48.3 Å². The molecule has 2 fully saturated rings. The molecule has 0 bridgehead atoms. The van der Waals surface area contributed by atoms with Crippen LogP contribution in [0.2, 0.25) is 0 Å². The summed E-state index contributed by atoms with van der Waals surface area (Å²) in [5, 5.41) is 7.12. The highest BCUT2D eigenvalue weighted by Crippen LogP contribution is 2.29. The van der Waals surface area contributed by atoms with Gasteiger partial charge in [-0.05, 0) is 70.9 Å². The molecule has 0 aromatic rings. The summed E-state index contributed by atoms with van der Waals surface area (Å²) < 4.78 is 0. The first-order valence-corrected chi connectivity index (χ1v) is 11.0. The Labute approximate surface area is 185 Å². The third-order valence-corrected chi connectivity index (χ3v) is 6.15. The fourth-order valence-corrected chi connectivity index (χ4v) is 4.15. The fourth-order valence-electron chi connectivity index (χ4n) is 4.15. The molecule has 1 saturated carbocycles. The van der Waals surface area contributed by atoms with Crippen LogP contribution in [0.4, 0.5) is 0 Å². The van der Waals surface area contributed by atoms with Gasteiger partial charge >= 0.3 is 0 Å². The summed E-state index contributed by atoms with van der Waals surface area (Å²) in [6.45, 7) is 14.9. The maximum atomic E-state index is 4.82.